The number of ether oxygens (including phenoxy) is 1. The average Bonchev–Trinajstić information content (AvgIpc) is 2.41. The lowest BCUT2D eigenvalue weighted by atomic mass is 10.2. The smallest absolute Gasteiger partial charge is 0.387 e. The maximum Gasteiger partial charge on any atom is 0.387 e. The number of rotatable bonds is 5. The number of hydrogen-bond donors (Lipinski definition) is 1. The fraction of sp³-hybridized carbons (Fsp3) is 0.143. The van der Waals surface area contributed by atoms with E-state index < -0.39 is 6.61 Å². The van der Waals surface area contributed by atoms with E-state index in [-0.39, 0.29) is 11.6 Å². The first-order valence-corrected chi connectivity index (χ1v) is 6.57. The molecule has 0 spiro atoms. The molecular formula is C14H11BrF3NO. The fourth-order valence-corrected chi connectivity index (χ4v) is 2.08. The summed E-state index contributed by atoms with van der Waals surface area (Å²) in [5.41, 5.74) is 1.26. The molecule has 0 aliphatic carbocycles. The summed E-state index contributed by atoms with van der Waals surface area (Å²) in [6, 6.07) is 11.0. The Bertz CT molecular complexity index is 592. The Morgan fingerprint density at radius 2 is 1.90 bits per heavy atom. The lowest BCUT2D eigenvalue weighted by Crippen LogP contribution is -2.06. The predicted molar refractivity (Wildman–Crippen MR) is 74.5 cm³/mol. The van der Waals surface area contributed by atoms with Gasteiger partial charge < -0.3 is 10.1 Å². The van der Waals surface area contributed by atoms with Gasteiger partial charge in [0.25, 0.3) is 0 Å². The molecule has 0 amide bonds. The van der Waals surface area contributed by atoms with Crippen molar-refractivity contribution in [2.75, 3.05) is 5.32 Å². The second kappa shape index (κ2) is 6.65. The van der Waals surface area contributed by atoms with E-state index in [0.717, 1.165) is 5.56 Å². The third-order valence-corrected chi connectivity index (χ3v) is 3.18. The van der Waals surface area contributed by atoms with E-state index in [9.17, 15) is 13.2 Å². The van der Waals surface area contributed by atoms with Crippen molar-refractivity contribution in [3.8, 4) is 5.75 Å². The van der Waals surface area contributed by atoms with Crippen LogP contribution in [-0.4, -0.2) is 6.61 Å². The molecule has 2 aromatic carbocycles. The molecule has 0 fully saturated rings. The first kappa shape index (κ1) is 14.7. The Hall–Kier alpha value is -1.69. The quantitative estimate of drug-likeness (QED) is 0.840. The van der Waals surface area contributed by atoms with Gasteiger partial charge in [-0.15, -0.1) is 0 Å². The molecule has 0 aromatic heterocycles. The molecule has 106 valence electrons. The van der Waals surface area contributed by atoms with Crippen LogP contribution in [0.25, 0.3) is 0 Å². The number of nitrogens with one attached hydrogen (secondary N) is 1. The van der Waals surface area contributed by atoms with Crippen LogP contribution < -0.4 is 10.1 Å². The van der Waals surface area contributed by atoms with Gasteiger partial charge in [0.2, 0.25) is 0 Å². The highest BCUT2D eigenvalue weighted by molar-refractivity contribution is 9.10. The van der Waals surface area contributed by atoms with Crippen molar-refractivity contribution in [2.24, 2.45) is 0 Å². The summed E-state index contributed by atoms with van der Waals surface area (Å²) in [5.74, 6) is -0.279. The van der Waals surface area contributed by atoms with Gasteiger partial charge in [0.05, 0.1) is 10.2 Å². The summed E-state index contributed by atoms with van der Waals surface area (Å²) in [5, 5.41) is 2.98. The molecule has 0 heterocycles. The number of para-hydroxylation sites is 2. The van der Waals surface area contributed by atoms with Gasteiger partial charge >= 0.3 is 6.61 Å². The second-order valence-electron chi connectivity index (χ2n) is 3.98. The average molecular weight is 346 g/mol. The normalized spacial score (nSPS) is 10.7. The van der Waals surface area contributed by atoms with Crippen LogP contribution in [0.2, 0.25) is 0 Å². The minimum Gasteiger partial charge on any atom is -0.433 e. The van der Waals surface area contributed by atoms with Crippen LogP contribution in [0.4, 0.5) is 18.9 Å². The predicted octanol–water partition coefficient (Wildman–Crippen LogP) is 4.80. The van der Waals surface area contributed by atoms with Crippen LogP contribution in [0.1, 0.15) is 5.56 Å². The standard InChI is InChI=1S/C14H11BrF3NO/c15-10-7-9(5-6-11(10)16)8-19-12-3-1-2-4-13(12)20-14(17)18/h1-7,14,19H,8H2. The van der Waals surface area contributed by atoms with E-state index in [1.807, 2.05) is 0 Å². The topological polar surface area (TPSA) is 21.3 Å². The van der Waals surface area contributed by atoms with E-state index in [2.05, 4.69) is 26.0 Å². The van der Waals surface area contributed by atoms with Crippen molar-refractivity contribution in [1.82, 2.24) is 0 Å². The third-order valence-electron chi connectivity index (χ3n) is 2.57. The van der Waals surface area contributed by atoms with Crippen molar-refractivity contribution >= 4 is 21.6 Å². The molecule has 0 unspecified atom stereocenters. The monoisotopic (exact) mass is 345 g/mol. The summed E-state index contributed by atoms with van der Waals surface area (Å²) < 4.78 is 42.4. The third kappa shape index (κ3) is 3.90. The Morgan fingerprint density at radius 3 is 2.60 bits per heavy atom. The summed E-state index contributed by atoms with van der Waals surface area (Å²) in [6.45, 7) is -2.51. The highest BCUT2D eigenvalue weighted by Gasteiger charge is 2.09. The molecular weight excluding hydrogens is 335 g/mol. The minimum atomic E-state index is -2.88. The second-order valence-corrected chi connectivity index (χ2v) is 4.83. The van der Waals surface area contributed by atoms with Crippen molar-refractivity contribution in [3.63, 3.8) is 0 Å². The molecule has 0 aliphatic rings. The molecule has 0 saturated carbocycles. The molecule has 0 aliphatic heterocycles. The van der Waals surface area contributed by atoms with Gasteiger partial charge in [-0.05, 0) is 45.8 Å². The van der Waals surface area contributed by atoms with Crippen LogP contribution in [0.5, 0.6) is 5.75 Å². The van der Waals surface area contributed by atoms with Crippen LogP contribution in [0.15, 0.2) is 46.9 Å². The van der Waals surface area contributed by atoms with Crippen LogP contribution in [-0.2, 0) is 6.54 Å². The van der Waals surface area contributed by atoms with Crippen LogP contribution >= 0.6 is 15.9 Å². The van der Waals surface area contributed by atoms with E-state index in [4.69, 9.17) is 0 Å². The van der Waals surface area contributed by atoms with Gasteiger partial charge in [-0.25, -0.2) is 4.39 Å². The highest BCUT2D eigenvalue weighted by Crippen LogP contribution is 2.26. The maximum absolute atomic E-state index is 13.1. The Morgan fingerprint density at radius 1 is 1.15 bits per heavy atom. The minimum absolute atomic E-state index is 0.0728. The molecule has 2 nitrogen and oxygen atoms in total. The molecule has 2 rings (SSSR count). The zero-order chi connectivity index (χ0) is 14.5. The van der Waals surface area contributed by atoms with Gasteiger partial charge in [0.15, 0.2) is 0 Å². The fourth-order valence-electron chi connectivity index (χ4n) is 1.66. The Balaban J connectivity index is 2.08. The molecule has 2 aromatic rings. The summed E-state index contributed by atoms with van der Waals surface area (Å²) in [4.78, 5) is 0. The molecule has 0 saturated heterocycles. The van der Waals surface area contributed by atoms with Gasteiger partial charge in [0.1, 0.15) is 11.6 Å². The van der Waals surface area contributed by atoms with E-state index in [1.165, 1.54) is 12.1 Å². The molecule has 1 N–H and O–H groups in total. The van der Waals surface area contributed by atoms with Crippen LogP contribution in [0.3, 0.4) is 0 Å². The molecule has 6 heteroatoms. The van der Waals surface area contributed by atoms with Crippen molar-refractivity contribution in [3.05, 3.63) is 58.3 Å². The van der Waals surface area contributed by atoms with E-state index in [0.29, 0.717) is 16.7 Å². The zero-order valence-corrected chi connectivity index (χ0v) is 11.8. The Kier molecular flexibility index (Phi) is 4.89. The van der Waals surface area contributed by atoms with Gasteiger partial charge in [-0.3, -0.25) is 0 Å². The lowest BCUT2D eigenvalue weighted by Gasteiger charge is -2.12. The first-order chi connectivity index (χ1) is 9.56. The van der Waals surface area contributed by atoms with E-state index >= 15 is 0 Å². The maximum atomic E-state index is 13.1. The largest absolute Gasteiger partial charge is 0.433 e. The Labute approximate surface area is 122 Å². The summed E-state index contributed by atoms with van der Waals surface area (Å²) >= 11 is 3.09. The number of anilines is 1. The SMILES string of the molecule is Fc1ccc(CNc2ccccc2OC(F)F)cc1Br. The van der Waals surface area contributed by atoms with Crippen molar-refractivity contribution < 1.29 is 17.9 Å². The number of halogens is 4. The molecule has 20 heavy (non-hydrogen) atoms. The summed E-state index contributed by atoms with van der Waals surface area (Å²) in [7, 11) is 0. The highest BCUT2D eigenvalue weighted by atomic mass is 79.9. The number of alkyl halides is 2. The molecule has 0 bridgehead atoms. The number of hydrogen-bond acceptors (Lipinski definition) is 2. The number of benzene rings is 2. The first-order valence-electron chi connectivity index (χ1n) is 5.78. The zero-order valence-electron chi connectivity index (χ0n) is 10.2. The van der Waals surface area contributed by atoms with E-state index in [1.54, 1.807) is 30.3 Å². The summed E-state index contributed by atoms with van der Waals surface area (Å²) in [6.07, 6.45) is 0. The molecule has 0 radical (unpaired) electrons. The van der Waals surface area contributed by atoms with Crippen molar-refractivity contribution in [1.29, 1.82) is 0 Å². The van der Waals surface area contributed by atoms with Crippen molar-refractivity contribution in [2.45, 2.75) is 13.2 Å². The molecule has 0 atom stereocenters. The lowest BCUT2D eigenvalue weighted by molar-refractivity contribution is -0.0493. The van der Waals surface area contributed by atoms with Gasteiger partial charge in [-0.1, -0.05) is 18.2 Å². The van der Waals surface area contributed by atoms with Crippen LogP contribution in [0, 0.1) is 5.82 Å². The van der Waals surface area contributed by atoms with Gasteiger partial charge in [-0.2, -0.15) is 8.78 Å². The van der Waals surface area contributed by atoms with Gasteiger partial charge in [0, 0.05) is 6.54 Å².